The summed E-state index contributed by atoms with van der Waals surface area (Å²) in [5.41, 5.74) is -0.256. The van der Waals surface area contributed by atoms with Crippen LogP contribution in [0, 0.1) is 0 Å². The van der Waals surface area contributed by atoms with Crippen molar-refractivity contribution in [1.29, 1.82) is 0 Å². The van der Waals surface area contributed by atoms with E-state index in [2.05, 4.69) is 5.32 Å². The van der Waals surface area contributed by atoms with E-state index in [1.807, 2.05) is 5.32 Å². The molecule has 1 aromatic rings. The van der Waals surface area contributed by atoms with Gasteiger partial charge in [0.2, 0.25) is 0 Å². The first-order chi connectivity index (χ1) is 10.2. The number of aliphatic carboxylic acids is 1. The van der Waals surface area contributed by atoms with Crippen LogP contribution in [0.25, 0.3) is 0 Å². The van der Waals surface area contributed by atoms with Gasteiger partial charge in [0.25, 0.3) is 0 Å². The van der Waals surface area contributed by atoms with Crippen molar-refractivity contribution in [2.24, 2.45) is 0 Å². The molecule has 0 fully saturated rings. The lowest BCUT2D eigenvalue weighted by atomic mass is 10.3. The number of aromatic carboxylic acids is 1. The van der Waals surface area contributed by atoms with Gasteiger partial charge in [-0.15, -0.1) is 11.3 Å². The molecule has 10 heteroatoms. The Labute approximate surface area is 128 Å². The number of carboxylic acid groups (broad SMARTS) is 2. The Morgan fingerprint density at radius 1 is 1.27 bits per heavy atom. The van der Waals surface area contributed by atoms with Crippen LogP contribution in [0.4, 0.5) is 9.80 Å². The number of anilines is 1. The van der Waals surface area contributed by atoms with Gasteiger partial charge in [-0.25, -0.2) is 14.4 Å². The summed E-state index contributed by atoms with van der Waals surface area (Å²) in [4.78, 5) is 44.4. The lowest BCUT2D eigenvalue weighted by Crippen LogP contribution is -2.25. The van der Waals surface area contributed by atoms with Crippen LogP contribution in [0.15, 0.2) is 6.07 Å². The maximum atomic E-state index is 11.3. The number of carbonyl (C=O) groups is 4. The second-order valence-corrected chi connectivity index (χ2v) is 5.46. The van der Waals surface area contributed by atoms with E-state index in [1.54, 1.807) is 13.8 Å². The summed E-state index contributed by atoms with van der Waals surface area (Å²) >= 11 is 0.848. The molecule has 0 saturated carbocycles. The predicted octanol–water partition coefficient (Wildman–Crippen LogP) is 1.10. The SMILES string of the molecule is CC(C)OC(=O)NCc1cc(C(=O)O)c(NC(=O)C(=O)O)s1. The maximum Gasteiger partial charge on any atom is 0.407 e. The summed E-state index contributed by atoms with van der Waals surface area (Å²) in [6, 6.07) is 1.24. The molecule has 0 aliphatic rings. The van der Waals surface area contributed by atoms with Crippen LogP contribution >= 0.6 is 11.3 Å². The quantitative estimate of drug-likeness (QED) is 0.592. The second kappa shape index (κ2) is 7.41. The van der Waals surface area contributed by atoms with Gasteiger partial charge in [0.15, 0.2) is 0 Å². The normalized spacial score (nSPS) is 10.1. The summed E-state index contributed by atoms with van der Waals surface area (Å²) in [5, 5.41) is 21.8. The van der Waals surface area contributed by atoms with Crippen LogP contribution < -0.4 is 10.6 Å². The molecule has 4 N–H and O–H groups in total. The number of thiophene rings is 1. The third-order valence-electron chi connectivity index (χ3n) is 2.18. The van der Waals surface area contributed by atoms with Gasteiger partial charge >= 0.3 is 23.9 Å². The molecule has 0 spiro atoms. The van der Waals surface area contributed by atoms with E-state index in [4.69, 9.17) is 14.9 Å². The first-order valence-corrected chi connectivity index (χ1v) is 6.87. The van der Waals surface area contributed by atoms with Gasteiger partial charge in [-0.05, 0) is 19.9 Å². The molecule has 120 valence electrons. The summed E-state index contributed by atoms with van der Waals surface area (Å²) in [6.07, 6.45) is -0.972. The van der Waals surface area contributed by atoms with Gasteiger partial charge in [0.05, 0.1) is 18.2 Å². The van der Waals surface area contributed by atoms with Gasteiger partial charge in [-0.3, -0.25) is 4.79 Å². The molecular weight excluding hydrogens is 316 g/mol. The smallest absolute Gasteiger partial charge is 0.407 e. The molecule has 0 bridgehead atoms. The molecular formula is C12H14N2O7S. The first kappa shape index (κ1) is 17.4. The number of hydrogen-bond donors (Lipinski definition) is 4. The number of rotatable bonds is 5. The molecule has 0 atom stereocenters. The van der Waals surface area contributed by atoms with Gasteiger partial charge in [-0.1, -0.05) is 0 Å². The standard InChI is InChI=1S/C12H14N2O7S/c1-5(2)21-12(20)13-4-6-3-7(10(16)17)9(22-6)14-8(15)11(18)19/h3,5H,4H2,1-2H3,(H,13,20)(H,14,15)(H,16,17)(H,18,19). The molecule has 2 amide bonds. The molecule has 22 heavy (non-hydrogen) atoms. The zero-order valence-electron chi connectivity index (χ0n) is 11.7. The van der Waals surface area contributed by atoms with E-state index >= 15 is 0 Å². The summed E-state index contributed by atoms with van der Waals surface area (Å²) < 4.78 is 4.84. The van der Waals surface area contributed by atoms with Crippen molar-refractivity contribution < 1.29 is 34.1 Å². The summed E-state index contributed by atoms with van der Waals surface area (Å²) in [7, 11) is 0. The van der Waals surface area contributed by atoms with E-state index in [0.717, 1.165) is 11.3 Å². The van der Waals surface area contributed by atoms with E-state index in [-0.39, 0.29) is 23.2 Å². The van der Waals surface area contributed by atoms with Crippen LogP contribution in [0.2, 0.25) is 0 Å². The van der Waals surface area contributed by atoms with Crippen molar-refractivity contribution in [2.45, 2.75) is 26.5 Å². The Balaban J connectivity index is 2.81. The maximum absolute atomic E-state index is 11.3. The highest BCUT2D eigenvalue weighted by molar-refractivity contribution is 7.16. The highest BCUT2D eigenvalue weighted by Crippen LogP contribution is 2.28. The average Bonchev–Trinajstić information content (AvgIpc) is 2.78. The zero-order chi connectivity index (χ0) is 16.9. The lowest BCUT2D eigenvalue weighted by molar-refractivity contribution is -0.147. The summed E-state index contributed by atoms with van der Waals surface area (Å²) in [5.74, 6) is -4.40. The highest BCUT2D eigenvalue weighted by atomic mass is 32.1. The fourth-order valence-electron chi connectivity index (χ4n) is 1.35. The number of carboxylic acids is 2. The molecule has 0 aromatic carbocycles. The minimum Gasteiger partial charge on any atom is -0.478 e. The number of nitrogens with one attached hydrogen (secondary N) is 2. The fraction of sp³-hybridized carbons (Fsp3) is 0.333. The van der Waals surface area contributed by atoms with Crippen molar-refractivity contribution in [3.63, 3.8) is 0 Å². The minimum absolute atomic E-state index is 0.0144. The molecule has 1 heterocycles. The van der Waals surface area contributed by atoms with Crippen molar-refractivity contribution in [3.05, 3.63) is 16.5 Å². The van der Waals surface area contributed by atoms with Gasteiger partial charge in [0, 0.05) is 4.88 Å². The number of ether oxygens (including phenoxy) is 1. The number of amides is 2. The zero-order valence-corrected chi connectivity index (χ0v) is 12.5. The van der Waals surface area contributed by atoms with Crippen molar-refractivity contribution >= 4 is 40.3 Å². The van der Waals surface area contributed by atoms with Crippen LogP contribution in [0.5, 0.6) is 0 Å². The molecule has 0 unspecified atom stereocenters. The number of hydrogen-bond acceptors (Lipinski definition) is 6. The van der Waals surface area contributed by atoms with Crippen molar-refractivity contribution in [2.75, 3.05) is 5.32 Å². The number of alkyl carbamates (subject to hydrolysis) is 1. The average molecular weight is 330 g/mol. The van der Waals surface area contributed by atoms with E-state index < -0.39 is 23.9 Å². The van der Waals surface area contributed by atoms with Crippen LogP contribution in [0.1, 0.15) is 29.1 Å². The Morgan fingerprint density at radius 3 is 2.41 bits per heavy atom. The van der Waals surface area contributed by atoms with E-state index in [9.17, 15) is 19.2 Å². The van der Waals surface area contributed by atoms with Crippen LogP contribution in [-0.4, -0.2) is 40.3 Å². The van der Waals surface area contributed by atoms with E-state index in [1.165, 1.54) is 6.07 Å². The lowest BCUT2D eigenvalue weighted by Gasteiger charge is -2.08. The molecule has 0 aliphatic heterocycles. The highest BCUT2D eigenvalue weighted by Gasteiger charge is 2.20. The van der Waals surface area contributed by atoms with Crippen molar-refractivity contribution in [1.82, 2.24) is 5.32 Å². The van der Waals surface area contributed by atoms with Gasteiger partial charge in [0.1, 0.15) is 5.00 Å². The fourth-order valence-corrected chi connectivity index (χ4v) is 2.34. The van der Waals surface area contributed by atoms with Crippen LogP contribution in [-0.2, 0) is 20.9 Å². The molecule has 1 aromatic heterocycles. The largest absolute Gasteiger partial charge is 0.478 e. The summed E-state index contributed by atoms with van der Waals surface area (Å²) in [6.45, 7) is 3.33. The third kappa shape index (κ3) is 5.05. The Morgan fingerprint density at radius 2 is 1.91 bits per heavy atom. The molecule has 1 rings (SSSR count). The van der Waals surface area contributed by atoms with Gasteiger partial charge < -0.3 is 25.6 Å². The molecule has 0 radical (unpaired) electrons. The predicted molar refractivity (Wildman–Crippen MR) is 76.0 cm³/mol. The first-order valence-electron chi connectivity index (χ1n) is 6.05. The Bertz CT molecular complexity index is 609. The minimum atomic E-state index is -1.73. The Kier molecular flexibility index (Phi) is 5.87. The molecule has 0 saturated heterocycles. The number of carbonyl (C=O) groups excluding carboxylic acids is 2. The van der Waals surface area contributed by atoms with Crippen LogP contribution in [0.3, 0.4) is 0 Å². The van der Waals surface area contributed by atoms with Crippen molar-refractivity contribution in [3.8, 4) is 0 Å². The molecule has 0 aliphatic carbocycles. The van der Waals surface area contributed by atoms with E-state index in [0.29, 0.717) is 4.88 Å². The topological polar surface area (TPSA) is 142 Å². The van der Waals surface area contributed by atoms with Gasteiger partial charge in [-0.2, -0.15) is 0 Å². The molecule has 9 nitrogen and oxygen atoms in total. The Hall–Kier alpha value is -2.62. The third-order valence-corrected chi connectivity index (χ3v) is 3.23. The monoisotopic (exact) mass is 330 g/mol. The second-order valence-electron chi connectivity index (χ2n) is 4.33.